The van der Waals surface area contributed by atoms with Crippen molar-refractivity contribution in [1.82, 2.24) is 0 Å². The van der Waals surface area contributed by atoms with Crippen molar-refractivity contribution < 1.29 is 4.74 Å². The molecule has 0 bridgehead atoms. The fourth-order valence-electron chi connectivity index (χ4n) is 1.81. The molecule has 2 aromatic carbocycles. The van der Waals surface area contributed by atoms with E-state index in [0.717, 1.165) is 16.9 Å². The number of rotatable bonds is 3. The van der Waals surface area contributed by atoms with Crippen LogP contribution in [0.3, 0.4) is 0 Å². The molecule has 0 aromatic heterocycles. The molecule has 0 N–H and O–H groups in total. The van der Waals surface area contributed by atoms with Crippen molar-refractivity contribution in [1.29, 1.82) is 5.26 Å². The summed E-state index contributed by atoms with van der Waals surface area (Å²) in [5, 5.41) is 9.29. The maximum absolute atomic E-state index is 9.29. The first kappa shape index (κ1) is 12.9. The summed E-state index contributed by atoms with van der Waals surface area (Å²) in [5.74, 6) is 0.787. The average Bonchev–Trinajstić information content (AvgIpc) is 2.46. The molecule has 0 amide bonds. The van der Waals surface area contributed by atoms with Crippen LogP contribution in [-0.2, 0) is 0 Å². The molecular formula is C17H15NO. The van der Waals surface area contributed by atoms with Gasteiger partial charge in [0.05, 0.1) is 18.8 Å². The third kappa shape index (κ3) is 3.23. The Balaban J connectivity index is 2.38. The largest absolute Gasteiger partial charge is 0.497 e. The molecule has 19 heavy (non-hydrogen) atoms. The smallest absolute Gasteiger partial charge is 0.119 e. The van der Waals surface area contributed by atoms with Crippen molar-refractivity contribution in [3.63, 3.8) is 0 Å². The van der Waals surface area contributed by atoms with E-state index in [4.69, 9.17) is 4.74 Å². The van der Waals surface area contributed by atoms with Gasteiger partial charge in [-0.3, -0.25) is 0 Å². The first-order valence-electron chi connectivity index (χ1n) is 6.06. The highest BCUT2D eigenvalue weighted by Gasteiger charge is 2.01. The number of nitrogens with zero attached hydrogens (tertiary/aromatic N) is 1. The lowest BCUT2D eigenvalue weighted by molar-refractivity contribution is 0.414. The topological polar surface area (TPSA) is 33.0 Å². The lowest BCUT2D eigenvalue weighted by Crippen LogP contribution is -1.85. The predicted molar refractivity (Wildman–Crippen MR) is 77.7 cm³/mol. The van der Waals surface area contributed by atoms with Gasteiger partial charge in [-0.25, -0.2) is 0 Å². The van der Waals surface area contributed by atoms with Crippen molar-refractivity contribution in [2.24, 2.45) is 0 Å². The summed E-state index contributed by atoms with van der Waals surface area (Å²) in [6.07, 6.45) is 1.87. The minimum Gasteiger partial charge on any atom is -0.497 e. The number of nitriles is 1. The summed E-state index contributed by atoms with van der Waals surface area (Å²) in [4.78, 5) is 0. The predicted octanol–water partition coefficient (Wildman–Crippen LogP) is 4.07. The van der Waals surface area contributed by atoms with E-state index in [1.54, 1.807) is 7.11 Å². The zero-order valence-corrected chi connectivity index (χ0v) is 11.1. The molecule has 0 atom stereocenters. The van der Waals surface area contributed by atoms with E-state index in [-0.39, 0.29) is 0 Å². The van der Waals surface area contributed by atoms with Crippen molar-refractivity contribution >= 4 is 11.6 Å². The molecule has 0 saturated heterocycles. The zero-order valence-electron chi connectivity index (χ0n) is 11.1. The summed E-state index contributed by atoms with van der Waals surface area (Å²) in [6, 6.07) is 17.8. The SMILES string of the molecule is COc1cccc(C=C(C#N)c2ccc(C)cc2)c1. The molecule has 0 heterocycles. The van der Waals surface area contributed by atoms with Crippen LogP contribution in [0.4, 0.5) is 0 Å². The van der Waals surface area contributed by atoms with Crippen LogP contribution in [0.15, 0.2) is 48.5 Å². The highest BCUT2D eigenvalue weighted by molar-refractivity contribution is 5.89. The molecule has 0 aliphatic rings. The number of allylic oxidation sites excluding steroid dienone is 1. The Labute approximate surface area is 113 Å². The van der Waals surface area contributed by atoms with E-state index in [2.05, 4.69) is 6.07 Å². The molecule has 0 aliphatic carbocycles. The Hall–Kier alpha value is -2.53. The van der Waals surface area contributed by atoms with E-state index in [0.29, 0.717) is 5.57 Å². The van der Waals surface area contributed by atoms with Gasteiger partial charge in [0.15, 0.2) is 0 Å². The quantitative estimate of drug-likeness (QED) is 0.607. The van der Waals surface area contributed by atoms with Crippen LogP contribution in [0, 0.1) is 18.3 Å². The van der Waals surface area contributed by atoms with Gasteiger partial charge in [0.2, 0.25) is 0 Å². The number of hydrogen-bond donors (Lipinski definition) is 0. The van der Waals surface area contributed by atoms with Crippen LogP contribution in [0.2, 0.25) is 0 Å². The van der Waals surface area contributed by atoms with Crippen LogP contribution in [0.25, 0.3) is 11.6 Å². The fourth-order valence-corrected chi connectivity index (χ4v) is 1.81. The van der Waals surface area contributed by atoms with Gasteiger partial charge >= 0.3 is 0 Å². The van der Waals surface area contributed by atoms with Gasteiger partial charge in [0.1, 0.15) is 5.75 Å². The molecule has 0 radical (unpaired) electrons. The van der Waals surface area contributed by atoms with Crippen LogP contribution in [-0.4, -0.2) is 7.11 Å². The Morgan fingerprint density at radius 1 is 1.16 bits per heavy atom. The second-order valence-electron chi connectivity index (χ2n) is 4.31. The monoisotopic (exact) mass is 249 g/mol. The molecule has 0 fully saturated rings. The minimum absolute atomic E-state index is 0.647. The molecule has 0 aliphatic heterocycles. The van der Waals surface area contributed by atoms with E-state index < -0.39 is 0 Å². The maximum Gasteiger partial charge on any atom is 0.119 e. The van der Waals surface area contributed by atoms with Crippen LogP contribution >= 0.6 is 0 Å². The molecule has 2 aromatic rings. The van der Waals surface area contributed by atoms with Gasteiger partial charge in [-0.1, -0.05) is 42.0 Å². The zero-order chi connectivity index (χ0) is 13.7. The lowest BCUT2D eigenvalue weighted by Gasteiger charge is -2.03. The average molecular weight is 249 g/mol. The summed E-state index contributed by atoms with van der Waals surface area (Å²) in [5.41, 5.74) is 3.71. The first-order valence-corrected chi connectivity index (χ1v) is 6.06. The van der Waals surface area contributed by atoms with Gasteiger partial charge < -0.3 is 4.74 Å². The summed E-state index contributed by atoms with van der Waals surface area (Å²) < 4.78 is 5.18. The van der Waals surface area contributed by atoms with Crippen LogP contribution in [0.5, 0.6) is 5.75 Å². The van der Waals surface area contributed by atoms with Gasteiger partial charge in [-0.15, -0.1) is 0 Å². The van der Waals surface area contributed by atoms with Gasteiger partial charge in [-0.2, -0.15) is 5.26 Å². The molecule has 0 saturated carbocycles. The van der Waals surface area contributed by atoms with Crippen molar-refractivity contribution in [3.05, 3.63) is 65.2 Å². The molecule has 0 spiro atoms. The Kier molecular flexibility index (Phi) is 4.00. The number of methoxy groups -OCH3 is 1. The highest BCUT2D eigenvalue weighted by atomic mass is 16.5. The van der Waals surface area contributed by atoms with Gasteiger partial charge in [0, 0.05) is 0 Å². The van der Waals surface area contributed by atoms with Gasteiger partial charge in [0.25, 0.3) is 0 Å². The second kappa shape index (κ2) is 5.88. The normalized spacial score (nSPS) is 10.9. The number of aryl methyl sites for hydroxylation is 1. The van der Waals surface area contributed by atoms with Crippen molar-refractivity contribution in [3.8, 4) is 11.8 Å². The van der Waals surface area contributed by atoms with E-state index >= 15 is 0 Å². The summed E-state index contributed by atoms with van der Waals surface area (Å²) in [6.45, 7) is 2.03. The maximum atomic E-state index is 9.29. The standard InChI is InChI=1S/C17H15NO/c1-13-6-8-15(9-7-13)16(12-18)10-14-4-3-5-17(11-14)19-2/h3-11H,1-2H3. The van der Waals surface area contributed by atoms with E-state index in [9.17, 15) is 5.26 Å². The summed E-state index contributed by atoms with van der Waals surface area (Å²) >= 11 is 0. The molecule has 2 heteroatoms. The van der Waals surface area contributed by atoms with Crippen molar-refractivity contribution in [2.45, 2.75) is 6.92 Å². The number of ether oxygens (including phenoxy) is 1. The van der Waals surface area contributed by atoms with Crippen LogP contribution in [0.1, 0.15) is 16.7 Å². The lowest BCUT2D eigenvalue weighted by atomic mass is 10.0. The van der Waals surface area contributed by atoms with Crippen molar-refractivity contribution in [2.75, 3.05) is 7.11 Å². The third-order valence-corrected chi connectivity index (χ3v) is 2.89. The number of hydrogen-bond acceptors (Lipinski definition) is 2. The number of benzene rings is 2. The Morgan fingerprint density at radius 2 is 1.89 bits per heavy atom. The highest BCUT2D eigenvalue weighted by Crippen LogP contribution is 2.20. The fraction of sp³-hybridized carbons (Fsp3) is 0.118. The molecular weight excluding hydrogens is 234 g/mol. The molecule has 94 valence electrons. The molecule has 2 nitrogen and oxygen atoms in total. The third-order valence-electron chi connectivity index (χ3n) is 2.89. The summed E-state index contributed by atoms with van der Waals surface area (Å²) in [7, 11) is 1.63. The van der Waals surface area contributed by atoms with Crippen LogP contribution < -0.4 is 4.74 Å². The Morgan fingerprint density at radius 3 is 2.53 bits per heavy atom. The minimum atomic E-state index is 0.647. The molecule has 2 rings (SSSR count). The van der Waals surface area contributed by atoms with E-state index in [1.165, 1.54) is 5.56 Å². The van der Waals surface area contributed by atoms with Gasteiger partial charge in [-0.05, 0) is 36.3 Å². The van der Waals surface area contributed by atoms with E-state index in [1.807, 2.05) is 61.5 Å². The second-order valence-corrected chi connectivity index (χ2v) is 4.31. The molecule has 0 unspecified atom stereocenters. The Bertz CT molecular complexity index is 633. The first-order chi connectivity index (χ1) is 9.22.